The van der Waals surface area contributed by atoms with Crippen LogP contribution in [0.15, 0.2) is 48.6 Å². The van der Waals surface area contributed by atoms with Crippen LogP contribution in [-0.4, -0.2) is 193 Å². The van der Waals surface area contributed by atoms with Gasteiger partial charge < -0.3 is 89.9 Å². The molecule has 0 aromatic rings. The minimum absolute atomic E-state index is 0.218. The largest absolute Gasteiger partial charge is 0.394 e. The minimum atomic E-state index is -1.98. The lowest BCUT2D eigenvalue weighted by atomic mass is 9.96. The summed E-state index contributed by atoms with van der Waals surface area (Å²) in [7, 11) is 0. The molecule has 1 amide bonds. The third-order valence-corrected chi connectivity index (χ3v) is 14.1. The molecule has 3 rings (SSSR count). The Labute approximate surface area is 446 Å². The van der Waals surface area contributed by atoms with E-state index in [0.717, 1.165) is 64.2 Å². The maximum absolute atomic E-state index is 13.3. The second kappa shape index (κ2) is 40.0. The van der Waals surface area contributed by atoms with Crippen LogP contribution in [0.2, 0.25) is 0 Å². The highest BCUT2D eigenvalue weighted by Gasteiger charge is 2.53. The van der Waals surface area contributed by atoms with Crippen molar-refractivity contribution in [3.05, 3.63) is 48.6 Å². The van der Waals surface area contributed by atoms with Gasteiger partial charge in [0.15, 0.2) is 18.9 Å². The molecule has 0 aromatic carbocycles. The Balaban J connectivity index is 1.55. The standard InChI is InChI=1S/C56H99NO18/c1-3-5-7-9-11-13-15-17-19-20-22-24-26-28-30-32-34-44(62)57-39(40(61)33-31-29-27-25-23-21-18-16-14-12-10-8-6-4-2)38-70-54-50(68)47(65)52(42(36-59)72-54)75-56-51(69)48(66)53(43(37-60)73-56)74-55-49(67)46(64)45(63)41(35-58)71-55/h13,15,19-20,23,25,31,33,39-43,45-56,58-61,63-69H,3-12,14,16-18,21-22,24,26-30,32,34-38H2,1-2H3,(H,57,62)/b15-13-,20-19-,25-23+,33-31+. The number of ether oxygens (including phenoxy) is 6. The first-order valence-electron chi connectivity index (χ1n) is 28.4. The van der Waals surface area contributed by atoms with E-state index in [2.05, 4.69) is 55.6 Å². The maximum atomic E-state index is 13.3. The number of aliphatic hydroxyl groups excluding tert-OH is 11. The predicted octanol–water partition coefficient (Wildman–Crippen LogP) is 3.92. The molecule has 12 N–H and O–H groups in total. The average molecular weight is 1070 g/mol. The number of hydrogen-bond acceptors (Lipinski definition) is 18. The van der Waals surface area contributed by atoms with Crippen molar-refractivity contribution in [3.8, 4) is 0 Å². The normalized spacial score (nSPS) is 31.6. The molecule has 0 aliphatic carbocycles. The summed E-state index contributed by atoms with van der Waals surface area (Å²) in [5.41, 5.74) is 0. The highest BCUT2D eigenvalue weighted by atomic mass is 16.8. The first-order valence-corrected chi connectivity index (χ1v) is 28.4. The molecule has 0 aromatic heterocycles. The molecule has 3 saturated heterocycles. The molecule has 0 bridgehead atoms. The molecule has 75 heavy (non-hydrogen) atoms. The molecule has 436 valence electrons. The van der Waals surface area contributed by atoms with Crippen molar-refractivity contribution in [1.29, 1.82) is 0 Å². The Hall–Kier alpha value is -2.25. The third kappa shape index (κ3) is 24.8. The van der Waals surface area contributed by atoms with Gasteiger partial charge in [0.05, 0.1) is 38.6 Å². The van der Waals surface area contributed by atoms with Gasteiger partial charge in [0.2, 0.25) is 5.91 Å². The topological polar surface area (TPSA) is 307 Å². The van der Waals surface area contributed by atoms with Gasteiger partial charge in [-0.15, -0.1) is 0 Å². The second-order valence-corrected chi connectivity index (χ2v) is 20.4. The Morgan fingerprint density at radius 1 is 0.480 bits per heavy atom. The van der Waals surface area contributed by atoms with E-state index >= 15 is 0 Å². The Morgan fingerprint density at radius 3 is 1.43 bits per heavy atom. The first-order chi connectivity index (χ1) is 36.3. The van der Waals surface area contributed by atoms with Gasteiger partial charge in [-0.1, -0.05) is 146 Å². The van der Waals surface area contributed by atoms with Crippen LogP contribution in [0, 0.1) is 0 Å². The lowest BCUT2D eigenvalue weighted by Gasteiger charge is -2.48. The lowest BCUT2D eigenvalue weighted by molar-refractivity contribution is -0.379. The summed E-state index contributed by atoms with van der Waals surface area (Å²) in [5, 5.41) is 120. The lowest BCUT2D eigenvalue weighted by Crippen LogP contribution is -2.66. The van der Waals surface area contributed by atoms with Crippen molar-refractivity contribution >= 4 is 5.91 Å². The molecule has 0 spiro atoms. The van der Waals surface area contributed by atoms with Crippen molar-refractivity contribution in [1.82, 2.24) is 5.32 Å². The third-order valence-electron chi connectivity index (χ3n) is 14.1. The van der Waals surface area contributed by atoms with Gasteiger partial charge in [-0.2, -0.15) is 0 Å². The Bertz CT molecular complexity index is 1570. The van der Waals surface area contributed by atoms with E-state index in [-0.39, 0.29) is 18.9 Å². The molecule has 19 nitrogen and oxygen atoms in total. The number of amides is 1. The van der Waals surface area contributed by atoms with Crippen LogP contribution >= 0.6 is 0 Å². The van der Waals surface area contributed by atoms with Crippen LogP contribution in [0.5, 0.6) is 0 Å². The molecule has 17 unspecified atom stereocenters. The van der Waals surface area contributed by atoms with Crippen molar-refractivity contribution in [2.45, 2.75) is 272 Å². The van der Waals surface area contributed by atoms with Crippen LogP contribution in [0.3, 0.4) is 0 Å². The quantitative estimate of drug-likeness (QED) is 0.0306. The molecule has 0 radical (unpaired) electrons. The summed E-state index contributed by atoms with van der Waals surface area (Å²) >= 11 is 0. The fourth-order valence-electron chi connectivity index (χ4n) is 9.35. The van der Waals surface area contributed by atoms with Crippen molar-refractivity contribution in [2.75, 3.05) is 26.4 Å². The summed E-state index contributed by atoms with van der Waals surface area (Å²) in [5.74, 6) is -0.302. The van der Waals surface area contributed by atoms with E-state index in [9.17, 15) is 61.0 Å². The summed E-state index contributed by atoms with van der Waals surface area (Å²) in [4.78, 5) is 13.3. The van der Waals surface area contributed by atoms with E-state index < -0.39 is 124 Å². The van der Waals surface area contributed by atoms with E-state index in [1.165, 1.54) is 70.6 Å². The van der Waals surface area contributed by atoms with Crippen LogP contribution in [0.25, 0.3) is 0 Å². The number of carbonyl (C=O) groups is 1. The zero-order valence-electron chi connectivity index (χ0n) is 45.0. The number of unbranched alkanes of at least 4 members (excludes halogenated alkanes) is 18. The maximum Gasteiger partial charge on any atom is 0.220 e. The Morgan fingerprint density at radius 2 is 0.893 bits per heavy atom. The SMILES string of the molecule is CCCCCC/C=C\C/C=C\CCCCCCCC(=O)NC(COC1OC(CO)C(OC2OC(CO)C(OC3OC(CO)C(O)C(O)C3O)C(O)C2O)C(O)C1O)C(O)/C=C/CC/C=C/CCCCCCCCCC. The molecule has 19 heteroatoms. The molecule has 3 fully saturated rings. The molecule has 3 heterocycles. The predicted molar refractivity (Wildman–Crippen MR) is 282 cm³/mol. The van der Waals surface area contributed by atoms with Gasteiger partial charge in [-0.3, -0.25) is 4.79 Å². The number of hydrogen-bond donors (Lipinski definition) is 12. The molecule has 3 aliphatic heterocycles. The monoisotopic (exact) mass is 1070 g/mol. The first kappa shape index (κ1) is 67.0. The number of rotatable bonds is 40. The van der Waals surface area contributed by atoms with E-state index in [1.54, 1.807) is 6.08 Å². The van der Waals surface area contributed by atoms with Gasteiger partial charge >= 0.3 is 0 Å². The van der Waals surface area contributed by atoms with Gasteiger partial charge in [0.25, 0.3) is 0 Å². The van der Waals surface area contributed by atoms with Gasteiger partial charge in [-0.05, 0) is 64.2 Å². The second-order valence-electron chi connectivity index (χ2n) is 20.4. The van der Waals surface area contributed by atoms with Gasteiger partial charge in [0.1, 0.15) is 73.2 Å². The summed E-state index contributed by atoms with van der Waals surface area (Å²) in [6.45, 7) is 1.64. The number of allylic oxidation sites excluding steroid dienone is 7. The summed E-state index contributed by atoms with van der Waals surface area (Å²) < 4.78 is 34.1. The fourth-order valence-corrected chi connectivity index (χ4v) is 9.35. The Kier molecular flexibility index (Phi) is 35.8. The zero-order valence-corrected chi connectivity index (χ0v) is 45.0. The molecular formula is C56H99NO18. The highest BCUT2D eigenvalue weighted by Crippen LogP contribution is 2.33. The fraction of sp³-hybridized carbons (Fsp3) is 0.839. The van der Waals surface area contributed by atoms with E-state index in [0.29, 0.717) is 12.8 Å². The molecule has 3 aliphatic rings. The number of carbonyl (C=O) groups excluding carboxylic acids is 1. The highest BCUT2D eigenvalue weighted by molar-refractivity contribution is 5.76. The van der Waals surface area contributed by atoms with E-state index in [4.69, 9.17) is 28.4 Å². The van der Waals surface area contributed by atoms with E-state index in [1.807, 2.05) is 6.08 Å². The molecule has 0 saturated carbocycles. The minimum Gasteiger partial charge on any atom is -0.394 e. The van der Waals surface area contributed by atoms with Crippen molar-refractivity contribution in [2.24, 2.45) is 0 Å². The number of nitrogens with one attached hydrogen (secondary N) is 1. The van der Waals surface area contributed by atoms with Crippen molar-refractivity contribution < 1.29 is 89.4 Å². The van der Waals surface area contributed by atoms with Crippen LogP contribution < -0.4 is 5.32 Å². The van der Waals surface area contributed by atoms with Crippen LogP contribution in [-0.2, 0) is 33.2 Å². The zero-order chi connectivity index (χ0) is 54.8. The summed E-state index contributed by atoms with van der Waals surface area (Å²) in [6.07, 6.45) is 15.3. The van der Waals surface area contributed by atoms with Crippen LogP contribution in [0.1, 0.15) is 168 Å². The van der Waals surface area contributed by atoms with Gasteiger partial charge in [0, 0.05) is 6.42 Å². The molecular weight excluding hydrogens is 975 g/mol. The number of aliphatic hydroxyl groups is 11. The smallest absolute Gasteiger partial charge is 0.220 e. The van der Waals surface area contributed by atoms with Crippen LogP contribution in [0.4, 0.5) is 0 Å². The van der Waals surface area contributed by atoms with Gasteiger partial charge in [-0.25, -0.2) is 0 Å². The average Bonchev–Trinajstić information content (AvgIpc) is 3.41. The summed E-state index contributed by atoms with van der Waals surface area (Å²) in [6, 6.07) is -0.996. The molecule has 17 atom stereocenters. The van der Waals surface area contributed by atoms with Crippen molar-refractivity contribution in [3.63, 3.8) is 0 Å².